The number of rotatable bonds is 8. The summed E-state index contributed by atoms with van der Waals surface area (Å²) in [6, 6.07) is 19.5. The Hall–Kier alpha value is -2.43. The molecule has 0 aliphatic heterocycles. The highest BCUT2D eigenvalue weighted by molar-refractivity contribution is 7.98. The van der Waals surface area contributed by atoms with Crippen LogP contribution in [-0.2, 0) is 12.2 Å². The molecule has 0 atom stereocenters. The largest absolute Gasteiger partial charge is 0.494 e. The second-order valence-electron chi connectivity index (χ2n) is 6.91. The van der Waals surface area contributed by atoms with E-state index < -0.39 is 0 Å². The summed E-state index contributed by atoms with van der Waals surface area (Å²) in [5.74, 6) is 1.39. The molecule has 5 heteroatoms. The zero-order chi connectivity index (χ0) is 21.5. The second kappa shape index (κ2) is 10.6. The summed E-state index contributed by atoms with van der Waals surface area (Å²) in [4.78, 5) is 14.1. The van der Waals surface area contributed by atoms with E-state index in [0.29, 0.717) is 17.9 Å². The molecule has 3 aromatic carbocycles. The van der Waals surface area contributed by atoms with Crippen LogP contribution in [0.3, 0.4) is 0 Å². The van der Waals surface area contributed by atoms with Crippen LogP contribution in [0.2, 0.25) is 5.02 Å². The van der Waals surface area contributed by atoms with E-state index in [1.807, 2.05) is 68.4 Å². The van der Waals surface area contributed by atoms with Crippen LogP contribution in [0.15, 0.2) is 65.6 Å². The molecule has 0 unspecified atom stereocenters. The molecular formula is C25H26ClNO2S. The summed E-state index contributed by atoms with van der Waals surface area (Å²) in [6.07, 6.45) is 0.865. The van der Waals surface area contributed by atoms with Gasteiger partial charge < -0.3 is 10.1 Å². The van der Waals surface area contributed by atoms with Gasteiger partial charge in [0, 0.05) is 32.5 Å². The Balaban J connectivity index is 1.82. The van der Waals surface area contributed by atoms with Gasteiger partial charge in [-0.05, 0) is 73.9 Å². The van der Waals surface area contributed by atoms with E-state index in [2.05, 4.69) is 18.3 Å². The van der Waals surface area contributed by atoms with E-state index in [9.17, 15) is 4.79 Å². The van der Waals surface area contributed by atoms with Crippen molar-refractivity contribution in [2.75, 3.05) is 11.9 Å². The number of para-hydroxylation sites is 1. The molecule has 0 bridgehead atoms. The third-order valence-electron chi connectivity index (χ3n) is 4.81. The highest BCUT2D eigenvalue weighted by atomic mass is 35.5. The molecule has 0 saturated heterocycles. The number of nitrogens with one attached hydrogen (secondary N) is 1. The van der Waals surface area contributed by atoms with Crippen LogP contribution in [0.1, 0.15) is 40.9 Å². The number of halogens is 1. The molecule has 3 aromatic rings. The molecule has 0 fully saturated rings. The van der Waals surface area contributed by atoms with Gasteiger partial charge in [0.1, 0.15) is 5.75 Å². The third kappa shape index (κ3) is 5.59. The van der Waals surface area contributed by atoms with E-state index in [0.717, 1.165) is 44.5 Å². The number of ether oxygens (including phenoxy) is 1. The number of hydrogen-bond acceptors (Lipinski definition) is 3. The van der Waals surface area contributed by atoms with Gasteiger partial charge in [-0.15, -0.1) is 11.8 Å². The van der Waals surface area contributed by atoms with Crippen molar-refractivity contribution in [2.45, 2.75) is 37.8 Å². The number of aryl methyl sites for hydroxylation is 2. The van der Waals surface area contributed by atoms with Crippen LogP contribution in [0.5, 0.6) is 5.75 Å². The first-order chi connectivity index (χ1) is 14.5. The average Bonchev–Trinajstić information content (AvgIpc) is 2.75. The van der Waals surface area contributed by atoms with Crippen LogP contribution in [0.4, 0.5) is 5.69 Å². The van der Waals surface area contributed by atoms with Crippen molar-refractivity contribution in [3.05, 3.63) is 87.9 Å². The maximum absolute atomic E-state index is 13.0. The number of carbonyl (C=O) groups excluding carboxylic acids is 1. The first-order valence-electron chi connectivity index (χ1n) is 10.1. The van der Waals surface area contributed by atoms with Gasteiger partial charge in [0.2, 0.25) is 0 Å². The fourth-order valence-electron chi connectivity index (χ4n) is 3.21. The molecule has 0 aliphatic carbocycles. The van der Waals surface area contributed by atoms with E-state index in [4.69, 9.17) is 16.3 Å². The minimum absolute atomic E-state index is 0.111. The second-order valence-corrected chi connectivity index (χ2v) is 8.40. The summed E-state index contributed by atoms with van der Waals surface area (Å²) in [5.41, 5.74) is 4.70. The van der Waals surface area contributed by atoms with Gasteiger partial charge in [-0.25, -0.2) is 0 Å². The van der Waals surface area contributed by atoms with E-state index in [1.165, 1.54) is 0 Å². The maximum atomic E-state index is 13.0. The molecule has 0 aliphatic rings. The predicted octanol–water partition coefficient (Wildman–Crippen LogP) is 7.15. The normalized spacial score (nSPS) is 10.7. The Morgan fingerprint density at radius 2 is 1.80 bits per heavy atom. The zero-order valence-electron chi connectivity index (χ0n) is 17.5. The lowest BCUT2D eigenvalue weighted by Gasteiger charge is -2.15. The lowest BCUT2D eigenvalue weighted by Crippen LogP contribution is -2.15. The predicted molar refractivity (Wildman–Crippen MR) is 127 cm³/mol. The standard InChI is InChI=1S/C25H26ClNO2S/c1-4-18-8-6-7-17(3)24(18)27-25(28)19-9-14-23(29-5-2)20(15-19)16-30-22-12-10-21(26)11-13-22/h6-15H,4-5,16H2,1-3H3,(H,27,28). The summed E-state index contributed by atoms with van der Waals surface area (Å²) < 4.78 is 5.79. The number of carbonyl (C=O) groups is 1. The van der Waals surface area contributed by atoms with Crippen molar-refractivity contribution in [2.24, 2.45) is 0 Å². The van der Waals surface area contributed by atoms with Gasteiger partial charge in [0.05, 0.1) is 6.61 Å². The molecule has 0 aromatic heterocycles. The number of anilines is 1. The van der Waals surface area contributed by atoms with E-state index in [-0.39, 0.29) is 5.91 Å². The molecule has 1 N–H and O–H groups in total. The average molecular weight is 440 g/mol. The molecule has 30 heavy (non-hydrogen) atoms. The summed E-state index contributed by atoms with van der Waals surface area (Å²) in [5, 5.41) is 3.82. The van der Waals surface area contributed by atoms with Crippen LogP contribution in [0, 0.1) is 6.92 Å². The highest BCUT2D eigenvalue weighted by Crippen LogP contribution is 2.30. The Kier molecular flexibility index (Phi) is 7.83. The van der Waals surface area contributed by atoms with Crippen molar-refractivity contribution < 1.29 is 9.53 Å². The zero-order valence-corrected chi connectivity index (χ0v) is 19.1. The van der Waals surface area contributed by atoms with E-state index >= 15 is 0 Å². The number of benzene rings is 3. The lowest BCUT2D eigenvalue weighted by atomic mass is 10.0. The molecule has 0 radical (unpaired) electrons. The van der Waals surface area contributed by atoms with Gasteiger partial charge in [-0.3, -0.25) is 4.79 Å². The minimum atomic E-state index is -0.111. The van der Waals surface area contributed by atoms with Crippen molar-refractivity contribution in [3.8, 4) is 5.75 Å². The summed E-state index contributed by atoms with van der Waals surface area (Å²) in [7, 11) is 0. The van der Waals surface area contributed by atoms with Crippen LogP contribution >= 0.6 is 23.4 Å². The van der Waals surface area contributed by atoms with Crippen LogP contribution in [0.25, 0.3) is 0 Å². The fraction of sp³-hybridized carbons (Fsp3) is 0.240. The van der Waals surface area contributed by atoms with Gasteiger partial charge in [0.25, 0.3) is 5.91 Å². The van der Waals surface area contributed by atoms with Crippen LogP contribution in [-0.4, -0.2) is 12.5 Å². The lowest BCUT2D eigenvalue weighted by molar-refractivity contribution is 0.102. The molecule has 3 rings (SSSR count). The van der Waals surface area contributed by atoms with E-state index in [1.54, 1.807) is 11.8 Å². The monoisotopic (exact) mass is 439 g/mol. The number of thioether (sulfide) groups is 1. The molecule has 0 spiro atoms. The summed E-state index contributed by atoms with van der Waals surface area (Å²) >= 11 is 7.66. The van der Waals surface area contributed by atoms with Crippen molar-refractivity contribution in [1.82, 2.24) is 0 Å². The third-order valence-corrected chi connectivity index (χ3v) is 6.12. The smallest absolute Gasteiger partial charge is 0.255 e. The van der Waals surface area contributed by atoms with Gasteiger partial charge >= 0.3 is 0 Å². The molecule has 0 heterocycles. The summed E-state index contributed by atoms with van der Waals surface area (Å²) in [6.45, 7) is 6.64. The molecule has 1 amide bonds. The Bertz CT molecular complexity index is 1020. The minimum Gasteiger partial charge on any atom is -0.494 e. The molecule has 3 nitrogen and oxygen atoms in total. The van der Waals surface area contributed by atoms with Gasteiger partial charge in [-0.2, -0.15) is 0 Å². The highest BCUT2D eigenvalue weighted by Gasteiger charge is 2.14. The molecular weight excluding hydrogens is 414 g/mol. The Morgan fingerprint density at radius 1 is 1.03 bits per heavy atom. The van der Waals surface area contributed by atoms with Gasteiger partial charge in [-0.1, -0.05) is 36.7 Å². The van der Waals surface area contributed by atoms with Crippen molar-refractivity contribution in [1.29, 1.82) is 0 Å². The van der Waals surface area contributed by atoms with Crippen molar-refractivity contribution >= 4 is 35.0 Å². The van der Waals surface area contributed by atoms with Gasteiger partial charge in [0.15, 0.2) is 0 Å². The maximum Gasteiger partial charge on any atom is 0.255 e. The Morgan fingerprint density at radius 3 is 2.50 bits per heavy atom. The Labute approximate surface area is 187 Å². The quantitative estimate of drug-likeness (QED) is 0.378. The van der Waals surface area contributed by atoms with Crippen molar-refractivity contribution in [3.63, 3.8) is 0 Å². The molecule has 156 valence electrons. The first-order valence-corrected chi connectivity index (χ1v) is 11.4. The first kappa shape index (κ1) is 22.3. The topological polar surface area (TPSA) is 38.3 Å². The fourth-order valence-corrected chi connectivity index (χ4v) is 4.21. The van der Waals surface area contributed by atoms with Crippen LogP contribution < -0.4 is 10.1 Å². The molecule has 0 saturated carbocycles. The number of amides is 1. The number of hydrogen-bond donors (Lipinski definition) is 1. The SMILES string of the molecule is CCOc1ccc(C(=O)Nc2c(C)cccc2CC)cc1CSc1ccc(Cl)cc1.